The first kappa shape index (κ1) is 19.5. The SMILES string of the molecule is CC(C)CC(=O)N1CCC(NC(=O)Nc2ccc(N3CCCC3)nc2)CC1. The van der Waals surface area contributed by atoms with Gasteiger partial charge in [0.05, 0.1) is 11.9 Å². The van der Waals surface area contributed by atoms with Crippen molar-refractivity contribution in [1.29, 1.82) is 0 Å². The van der Waals surface area contributed by atoms with E-state index in [0.717, 1.165) is 31.7 Å². The number of pyridine rings is 1. The molecule has 0 saturated carbocycles. The van der Waals surface area contributed by atoms with E-state index in [1.54, 1.807) is 6.20 Å². The van der Waals surface area contributed by atoms with Crippen LogP contribution in [0.5, 0.6) is 0 Å². The summed E-state index contributed by atoms with van der Waals surface area (Å²) in [6.45, 7) is 7.65. The second-order valence-corrected chi connectivity index (χ2v) is 7.95. The maximum atomic E-state index is 12.2. The molecule has 7 heteroatoms. The van der Waals surface area contributed by atoms with Crippen LogP contribution >= 0.6 is 0 Å². The van der Waals surface area contributed by atoms with Gasteiger partial charge in [0.25, 0.3) is 0 Å². The van der Waals surface area contributed by atoms with E-state index >= 15 is 0 Å². The Hall–Kier alpha value is -2.31. The number of urea groups is 1. The molecule has 0 radical (unpaired) electrons. The Labute approximate surface area is 161 Å². The monoisotopic (exact) mass is 373 g/mol. The Morgan fingerprint density at radius 3 is 2.44 bits per heavy atom. The third-order valence-electron chi connectivity index (χ3n) is 5.20. The lowest BCUT2D eigenvalue weighted by Gasteiger charge is -2.32. The van der Waals surface area contributed by atoms with E-state index in [2.05, 4.69) is 34.4 Å². The molecule has 3 rings (SSSR count). The average molecular weight is 374 g/mol. The maximum Gasteiger partial charge on any atom is 0.319 e. The molecule has 0 aliphatic carbocycles. The van der Waals surface area contributed by atoms with Crippen LogP contribution in [0.25, 0.3) is 0 Å². The lowest BCUT2D eigenvalue weighted by molar-refractivity contribution is -0.133. The van der Waals surface area contributed by atoms with E-state index in [1.807, 2.05) is 17.0 Å². The summed E-state index contributed by atoms with van der Waals surface area (Å²) < 4.78 is 0. The summed E-state index contributed by atoms with van der Waals surface area (Å²) in [7, 11) is 0. The van der Waals surface area contributed by atoms with E-state index in [9.17, 15) is 9.59 Å². The van der Waals surface area contributed by atoms with E-state index in [1.165, 1.54) is 12.8 Å². The summed E-state index contributed by atoms with van der Waals surface area (Å²) in [6.07, 6.45) is 6.32. The van der Waals surface area contributed by atoms with Gasteiger partial charge in [0, 0.05) is 38.6 Å². The fourth-order valence-electron chi connectivity index (χ4n) is 3.70. The van der Waals surface area contributed by atoms with Gasteiger partial charge < -0.3 is 20.4 Å². The Morgan fingerprint density at radius 2 is 1.85 bits per heavy atom. The summed E-state index contributed by atoms with van der Waals surface area (Å²) in [5.74, 6) is 1.57. The van der Waals surface area contributed by atoms with Crippen molar-refractivity contribution in [3.63, 3.8) is 0 Å². The second-order valence-electron chi connectivity index (χ2n) is 7.95. The van der Waals surface area contributed by atoms with Crippen LogP contribution in [0.4, 0.5) is 16.3 Å². The highest BCUT2D eigenvalue weighted by Gasteiger charge is 2.24. The molecule has 0 atom stereocenters. The van der Waals surface area contributed by atoms with Gasteiger partial charge in [-0.1, -0.05) is 13.8 Å². The highest BCUT2D eigenvalue weighted by molar-refractivity contribution is 5.89. The molecule has 1 aromatic rings. The maximum absolute atomic E-state index is 12.2. The minimum absolute atomic E-state index is 0.102. The highest BCUT2D eigenvalue weighted by atomic mass is 16.2. The molecule has 0 aromatic carbocycles. The number of carbonyl (C=O) groups is 2. The summed E-state index contributed by atoms with van der Waals surface area (Å²) in [5, 5.41) is 5.87. The first-order valence-electron chi connectivity index (χ1n) is 10.1. The van der Waals surface area contributed by atoms with Crippen LogP contribution in [0, 0.1) is 5.92 Å². The Kier molecular flexibility index (Phi) is 6.53. The average Bonchev–Trinajstić information content (AvgIpc) is 3.17. The molecule has 2 N–H and O–H groups in total. The zero-order valence-electron chi connectivity index (χ0n) is 16.4. The molecular weight excluding hydrogens is 342 g/mol. The Balaban J connectivity index is 1.41. The number of anilines is 2. The van der Waals surface area contributed by atoms with E-state index in [4.69, 9.17) is 0 Å². The van der Waals surface area contributed by atoms with Gasteiger partial charge in [-0.15, -0.1) is 0 Å². The van der Waals surface area contributed by atoms with Crippen molar-refractivity contribution in [1.82, 2.24) is 15.2 Å². The molecule has 27 heavy (non-hydrogen) atoms. The van der Waals surface area contributed by atoms with Gasteiger partial charge in [-0.3, -0.25) is 4.79 Å². The Morgan fingerprint density at radius 1 is 1.15 bits per heavy atom. The van der Waals surface area contributed by atoms with Gasteiger partial charge in [-0.2, -0.15) is 0 Å². The minimum Gasteiger partial charge on any atom is -0.357 e. The summed E-state index contributed by atoms with van der Waals surface area (Å²) in [4.78, 5) is 33.0. The topological polar surface area (TPSA) is 77.6 Å². The molecule has 2 fully saturated rings. The number of piperidine rings is 1. The molecule has 3 heterocycles. The number of hydrogen-bond donors (Lipinski definition) is 2. The third-order valence-corrected chi connectivity index (χ3v) is 5.20. The smallest absolute Gasteiger partial charge is 0.319 e. The van der Waals surface area contributed by atoms with Crippen molar-refractivity contribution >= 4 is 23.4 Å². The molecule has 3 amide bonds. The second kappa shape index (κ2) is 9.06. The van der Waals surface area contributed by atoms with Crippen molar-refractivity contribution < 1.29 is 9.59 Å². The van der Waals surface area contributed by atoms with E-state index < -0.39 is 0 Å². The first-order valence-corrected chi connectivity index (χ1v) is 10.1. The predicted molar refractivity (Wildman–Crippen MR) is 107 cm³/mol. The van der Waals surface area contributed by atoms with Crippen LogP contribution in [0.15, 0.2) is 18.3 Å². The van der Waals surface area contributed by atoms with E-state index in [0.29, 0.717) is 31.1 Å². The van der Waals surface area contributed by atoms with Crippen LogP contribution in [0.3, 0.4) is 0 Å². The summed E-state index contributed by atoms with van der Waals surface area (Å²) >= 11 is 0. The van der Waals surface area contributed by atoms with Crippen molar-refractivity contribution in [2.24, 2.45) is 5.92 Å². The van der Waals surface area contributed by atoms with Crippen molar-refractivity contribution in [2.45, 2.75) is 52.0 Å². The molecule has 2 aliphatic rings. The van der Waals surface area contributed by atoms with Crippen LogP contribution < -0.4 is 15.5 Å². The zero-order chi connectivity index (χ0) is 19.2. The van der Waals surface area contributed by atoms with Crippen LogP contribution in [-0.2, 0) is 4.79 Å². The molecular formula is C20H31N5O2. The molecule has 1 aromatic heterocycles. The summed E-state index contributed by atoms with van der Waals surface area (Å²) in [6, 6.07) is 3.75. The summed E-state index contributed by atoms with van der Waals surface area (Å²) in [5.41, 5.74) is 0.694. The van der Waals surface area contributed by atoms with Gasteiger partial charge in [0.15, 0.2) is 0 Å². The molecule has 2 saturated heterocycles. The third kappa shape index (κ3) is 5.58. The van der Waals surface area contributed by atoms with Gasteiger partial charge in [-0.05, 0) is 43.7 Å². The number of rotatable bonds is 5. The molecule has 7 nitrogen and oxygen atoms in total. The van der Waals surface area contributed by atoms with Gasteiger partial charge in [-0.25, -0.2) is 9.78 Å². The van der Waals surface area contributed by atoms with Gasteiger partial charge in [0.2, 0.25) is 5.91 Å². The van der Waals surface area contributed by atoms with Crippen molar-refractivity contribution in [3.05, 3.63) is 18.3 Å². The van der Waals surface area contributed by atoms with Gasteiger partial charge in [0.1, 0.15) is 5.82 Å². The van der Waals surface area contributed by atoms with Crippen LogP contribution in [-0.4, -0.2) is 54.0 Å². The van der Waals surface area contributed by atoms with Crippen molar-refractivity contribution in [2.75, 3.05) is 36.4 Å². The molecule has 148 valence electrons. The molecule has 2 aliphatic heterocycles. The van der Waals surface area contributed by atoms with Crippen LogP contribution in [0.2, 0.25) is 0 Å². The first-order chi connectivity index (χ1) is 13.0. The largest absolute Gasteiger partial charge is 0.357 e. The zero-order valence-corrected chi connectivity index (χ0v) is 16.4. The minimum atomic E-state index is -0.210. The number of nitrogens with zero attached hydrogens (tertiary/aromatic N) is 3. The number of hydrogen-bond acceptors (Lipinski definition) is 4. The number of likely N-dealkylation sites (tertiary alicyclic amines) is 1. The van der Waals surface area contributed by atoms with Crippen molar-refractivity contribution in [3.8, 4) is 0 Å². The number of aromatic nitrogens is 1. The molecule has 0 spiro atoms. The fraction of sp³-hybridized carbons (Fsp3) is 0.650. The number of carbonyl (C=O) groups excluding carboxylic acids is 2. The number of nitrogens with one attached hydrogen (secondary N) is 2. The molecule has 0 unspecified atom stereocenters. The number of amides is 3. The predicted octanol–water partition coefficient (Wildman–Crippen LogP) is 2.84. The normalized spacial score (nSPS) is 18.0. The lowest BCUT2D eigenvalue weighted by atomic mass is 10.0. The Bertz CT molecular complexity index is 632. The highest BCUT2D eigenvalue weighted by Crippen LogP contribution is 2.19. The lowest BCUT2D eigenvalue weighted by Crippen LogP contribution is -2.47. The van der Waals surface area contributed by atoms with Gasteiger partial charge >= 0.3 is 6.03 Å². The molecule has 0 bridgehead atoms. The fourth-order valence-corrected chi connectivity index (χ4v) is 3.70. The van der Waals surface area contributed by atoms with Crippen LogP contribution in [0.1, 0.15) is 46.0 Å². The standard InChI is InChI=1S/C20H31N5O2/c1-15(2)13-19(26)25-11-7-16(8-12-25)22-20(27)23-17-5-6-18(21-14-17)24-9-3-4-10-24/h5-6,14-16H,3-4,7-13H2,1-2H3,(H2,22,23,27). The quantitative estimate of drug-likeness (QED) is 0.832. The van der Waals surface area contributed by atoms with E-state index in [-0.39, 0.29) is 18.0 Å².